The fourth-order valence-electron chi connectivity index (χ4n) is 2.01. The monoisotopic (exact) mass is 248 g/mol. The van der Waals surface area contributed by atoms with Crippen molar-refractivity contribution in [3.63, 3.8) is 0 Å². The first-order valence-corrected chi connectivity index (χ1v) is 6.37. The second-order valence-electron chi connectivity index (χ2n) is 5.10. The van der Waals surface area contributed by atoms with Crippen LogP contribution in [0, 0.1) is 6.92 Å². The zero-order valence-corrected chi connectivity index (χ0v) is 10.7. The summed E-state index contributed by atoms with van der Waals surface area (Å²) in [5.74, 6) is -0.0817. The summed E-state index contributed by atoms with van der Waals surface area (Å²) >= 11 is 0. The van der Waals surface area contributed by atoms with Gasteiger partial charge in [0.05, 0.1) is 12.1 Å². The Bertz CT molecular complexity index is 410. The van der Waals surface area contributed by atoms with Crippen LogP contribution in [0.5, 0.6) is 0 Å². The van der Waals surface area contributed by atoms with Crippen LogP contribution in [0.25, 0.3) is 0 Å². The summed E-state index contributed by atoms with van der Waals surface area (Å²) in [6.45, 7) is 2.73. The Labute approximate surface area is 107 Å². The highest BCUT2D eigenvalue weighted by molar-refractivity contribution is 5.92. The molecule has 0 radical (unpaired) electrons. The maximum absolute atomic E-state index is 11.6. The first-order chi connectivity index (χ1) is 8.57. The highest BCUT2D eigenvalue weighted by Crippen LogP contribution is 2.30. The molecule has 1 aromatic carbocycles. The van der Waals surface area contributed by atoms with E-state index in [2.05, 4.69) is 10.6 Å². The van der Waals surface area contributed by atoms with E-state index in [0.29, 0.717) is 6.54 Å². The van der Waals surface area contributed by atoms with Crippen LogP contribution in [-0.2, 0) is 4.79 Å². The average molecular weight is 248 g/mol. The molecule has 0 saturated heterocycles. The number of benzene rings is 1. The molecule has 1 aromatic rings. The van der Waals surface area contributed by atoms with E-state index in [9.17, 15) is 9.90 Å². The topological polar surface area (TPSA) is 61.4 Å². The van der Waals surface area contributed by atoms with Gasteiger partial charge in [-0.05, 0) is 38.3 Å². The Morgan fingerprint density at radius 3 is 2.56 bits per heavy atom. The van der Waals surface area contributed by atoms with Crippen molar-refractivity contribution >= 4 is 11.6 Å². The molecule has 0 atom stereocenters. The Morgan fingerprint density at radius 2 is 2.00 bits per heavy atom. The van der Waals surface area contributed by atoms with E-state index in [-0.39, 0.29) is 12.5 Å². The molecule has 1 aliphatic carbocycles. The molecule has 1 fully saturated rings. The van der Waals surface area contributed by atoms with Gasteiger partial charge in [-0.3, -0.25) is 4.79 Å². The number of amides is 1. The quantitative estimate of drug-likeness (QED) is 0.739. The number of carbonyl (C=O) groups is 1. The first-order valence-electron chi connectivity index (χ1n) is 6.37. The third-order valence-electron chi connectivity index (χ3n) is 3.36. The predicted molar refractivity (Wildman–Crippen MR) is 71.5 cm³/mol. The van der Waals surface area contributed by atoms with Gasteiger partial charge in [0, 0.05) is 12.2 Å². The molecule has 0 heterocycles. The molecule has 0 bridgehead atoms. The summed E-state index contributed by atoms with van der Waals surface area (Å²) < 4.78 is 0. The summed E-state index contributed by atoms with van der Waals surface area (Å²) in [4.78, 5) is 11.6. The summed E-state index contributed by atoms with van der Waals surface area (Å²) in [5, 5.41) is 15.7. The smallest absolute Gasteiger partial charge is 0.238 e. The summed E-state index contributed by atoms with van der Waals surface area (Å²) in [6, 6.07) is 7.68. The van der Waals surface area contributed by atoms with Crippen LogP contribution in [0.15, 0.2) is 24.3 Å². The van der Waals surface area contributed by atoms with Gasteiger partial charge in [-0.15, -0.1) is 0 Å². The lowest BCUT2D eigenvalue weighted by Gasteiger charge is -2.36. The van der Waals surface area contributed by atoms with E-state index in [1.807, 2.05) is 31.2 Å². The molecule has 98 valence electrons. The maximum atomic E-state index is 11.6. The van der Waals surface area contributed by atoms with Crippen molar-refractivity contribution in [2.24, 2.45) is 0 Å². The van der Waals surface area contributed by atoms with Gasteiger partial charge in [-0.1, -0.05) is 17.7 Å². The highest BCUT2D eigenvalue weighted by atomic mass is 16.3. The van der Waals surface area contributed by atoms with Crippen molar-refractivity contribution in [2.45, 2.75) is 31.8 Å². The van der Waals surface area contributed by atoms with Crippen molar-refractivity contribution in [3.8, 4) is 0 Å². The van der Waals surface area contributed by atoms with Crippen LogP contribution < -0.4 is 10.6 Å². The second-order valence-corrected chi connectivity index (χ2v) is 5.10. The maximum Gasteiger partial charge on any atom is 0.238 e. The largest absolute Gasteiger partial charge is 0.389 e. The number of aryl methyl sites for hydroxylation is 1. The van der Waals surface area contributed by atoms with E-state index in [1.165, 1.54) is 5.56 Å². The number of rotatable bonds is 5. The van der Waals surface area contributed by atoms with Crippen molar-refractivity contribution in [1.29, 1.82) is 0 Å². The van der Waals surface area contributed by atoms with Gasteiger partial charge in [0.2, 0.25) is 5.91 Å². The van der Waals surface area contributed by atoms with E-state index in [4.69, 9.17) is 0 Å². The summed E-state index contributed by atoms with van der Waals surface area (Å²) in [7, 11) is 0. The number of hydrogen-bond donors (Lipinski definition) is 3. The molecule has 1 saturated carbocycles. The van der Waals surface area contributed by atoms with Gasteiger partial charge < -0.3 is 15.7 Å². The molecule has 18 heavy (non-hydrogen) atoms. The number of aliphatic hydroxyl groups is 1. The van der Waals surface area contributed by atoms with Crippen LogP contribution in [-0.4, -0.2) is 29.7 Å². The molecule has 1 amide bonds. The molecule has 4 heteroatoms. The normalized spacial score (nSPS) is 17.0. The van der Waals surface area contributed by atoms with E-state index in [1.54, 1.807) is 0 Å². The van der Waals surface area contributed by atoms with E-state index in [0.717, 1.165) is 24.9 Å². The SMILES string of the molecule is Cc1ccc(NC(=O)CNCC2(O)CCC2)cc1. The number of carbonyl (C=O) groups excluding carboxylic acids is 1. The minimum absolute atomic E-state index is 0.0817. The molecular weight excluding hydrogens is 228 g/mol. The summed E-state index contributed by atoms with van der Waals surface area (Å²) in [6.07, 6.45) is 2.74. The third-order valence-corrected chi connectivity index (χ3v) is 3.36. The Balaban J connectivity index is 1.70. The van der Waals surface area contributed by atoms with E-state index < -0.39 is 5.60 Å². The van der Waals surface area contributed by atoms with Gasteiger partial charge in [0.15, 0.2) is 0 Å². The highest BCUT2D eigenvalue weighted by Gasteiger charge is 2.33. The van der Waals surface area contributed by atoms with Crippen LogP contribution >= 0.6 is 0 Å². The number of hydrogen-bond acceptors (Lipinski definition) is 3. The number of nitrogens with one attached hydrogen (secondary N) is 2. The predicted octanol–water partition coefficient (Wildman–Crippen LogP) is 1.44. The zero-order valence-electron chi connectivity index (χ0n) is 10.7. The molecule has 0 spiro atoms. The molecular formula is C14H20N2O2. The lowest BCUT2D eigenvalue weighted by atomic mass is 9.80. The molecule has 2 rings (SSSR count). The minimum Gasteiger partial charge on any atom is -0.389 e. The van der Waals surface area contributed by atoms with Gasteiger partial charge in [-0.2, -0.15) is 0 Å². The fraction of sp³-hybridized carbons (Fsp3) is 0.500. The third kappa shape index (κ3) is 3.55. The second kappa shape index (κ2) is 5.50. The van der Waals surface area contributed by atoms with Crippen molar-refractivity contribution in [2.75, 3.05) is 18.4 Å². The van der Waals surface area contributed by atoms with Crippen LogP contribution in [0.1, 0.15) is 24.8 Å². The Hall–Kier alpha value is -1.39. The zero-order chi connectivity index (χ0) is 13.0. The number of anilines is 1. The lowest BCUT2D eigenvalue weighted by Crippen LogP contribution is -2.47. The van der Waals surface area contributed by atoms with Crippen LogP contribution in [0.4, 0.5) is 5.69 Å². The standard InChI is InChI=1S/C14H20N2O2/c1-11-3-5-12(6-4-11)16-13(17)9-15-10-14(18)7-2-8-14/h3-6,15,18H,2,7-10H2,1H3,(H,16,17). The van der Waals surface area contributed by atoms with Crippen molar-refractivity contribution in [3.05, 3.63) is 29.8 Å². The minimum atomic E-state index is -0.579. The lowest BCUT2D eigenvalue weighted by molar-refractivity contribution is -0.115. The van der Waals surface area contributed by atoms with Gasteiger partial charge in [0.1, 0.15) is 0 Å². The van der Waals surface area contributed by atoms with Gasteiger partial charge in [-0.25, -0.2) is 0 Å². The molecule has 0 aromatic heterocycles. The molecule has 4 nitrogen and oxygen atoms in total. The average Bonchev–Trinajstić information content (AvgIpc) is 2.30. The van der Waals surface area contributed by atoms with Gasteiger partial charge >= 0.3 is 0 Å². The summed E-state index contributed by atoms with van der Waals surface area (Å²) in [5.41, 5.74) is 1.39. The van der Waals surface area contributed by atoms with Gasteiger partial charge in [0.25, 0.3) is 0 Å². The molecule has 1 aliphatic rings. The Kier molecular flexibility index (Phi) is 3.99. The van der Waals surface area contributed by atoms with Crippen molar-refractivity contribution < 1.29 is 9.90 Å². The molecule has 0 unspecified atom stereocenters. The first kappa shape index (κ1) is 13.1. The Morgan fingerprint density at radius 1 is 1.33 bits per heavy atom. The van der Waals surface area contributed by atoms with Crippen molar-refractivity contribution in [1.82, 2.24) is 5.32 Å². The fourth-order valence-corrected chi connectivity index (χ4v) is 2.01. The van der Waals surface area contributed by atoms with E-state index >= 15 is 0 Å². The van der Waals surface area contributed by atoms with Crippen LogP contribution in [0.3, 0.4) is 0 Å². The molecule has 0 aliphatic heterocycles. The molecule has 3 N–H and O–H groups in total. The van der Waals surface area contributed by atoms with Crippen LogP contribution in [0.2, 0.25) is 0 Å².